The molecule has 0 aromatic heterocycles. The molecule has 4 heteroatoms. The van der Waals surface area contributed by atoms with Crippen molar-refractivity contribution >= 4 is 22.8 Å². The summed E-state index contributed by atoms with van der Waals surface area (Å²) in [5.74, 6) is 0.144. The van der Waals surface area contributed by atoms with Gasteiger partial charge in [-0.1, -0.05) is 80.9 Å². The van der Waals surface area contributed by atoms with Gasteiger partial charge in [-0.05, 0) is 40.7 Å². The summed E-state index contributed by atoms with van der Waals surface area (Å²) in [6.45, 7) is 4.60. The molecule has 174 valence electrons. The zero-order valence-corrected chi connectivity index (χ0v) is 19.9. The summed E-state index contributed by atoms with van der Waals surface area (Å²) in [5, 5.41) is 3.59. The molecule has 0 saturated heterocycles. The number of allylic oxidation sites excluding steroid dienone is 1. The van der Waals surface area contributed by atoms with Crippen LogP contribution in [-0.2, 0) is 16.1 Å². The van der Waals surface area contributed by atoms with E-state index in [4.69, 9.17) is 11.2 Å². The number of carbonyl (C=O) groups is 2. The topological polar surface area (TPSA) is 55.4 Å². The Morgan fingerprint density at radius 3 is 2.46 bits per heavy atom. The van der Waals surface area contributed by atoms with E-state index in [1.54, 1.807) is 0 Å². The molecule has 0 radical (unpaired) electrons. The molecule has 0 amide bonds. The first kappa shape index (κ1) is 22.7. The molecule has 3 aromatic carbocycles. The number of ketones is 2. The fourth-order valence-electron chi connectivity index (χ4n) is 5.15. The van der Waals surface area contributed by atoms with E-state index in [-0.39, 0.29) is 23.0 Å². The highest BCUT2D eigenvalue weighted by molar-refractivity contribution is 6.10. The van der Waals surface area contributed by atoms with Crippen LogP contribution in [0.2, 0.25) is 0 Å². The van der Waals surface area contributed by atoms with Crippen LogP contribution in [0.3, 0.4) is 0 Å². The van der Waals surface area contributed by atoms with Gasteiger partial charge in [-0.2, -0.15) is 0 Å². The maximum atomic E-state index is 13.5. The van der Waals surface area contributed by atoms with Gasteiger partial charge in [-0.25, -0.2) is 0 Å². The van der Waals surface area contributed by atoms with Crippen LogP contribution in [0, 0.1) is 17.9 Å². The van der Waals surface area contributed by atoms with Crippen molar-refractivity contribution < 1.29 is 14.3 Å². The minimum absolute atomic E-state index is 0.0174. The number of hydrogen-bond donors (Lipinski definition) is 1. The molecule has 5 rings (SSSR count). The lowest BCUT2D eigenvalue weighted by atomic mass is 9.68. The lowest BCUT2D eigenvalue weighted by Gasteiger charge is -2.40. The summed E-state index contributed by atoms with van der Waals surface area (Å²) in [4.78, 5) is 26.3. The third-order valence-corrected chi connectivity index (χ3v) is 6.78. The Hall–Kier alpha value is -4.10. The Balaban J connectivity index is 1.54. The lowest BCUT2D eigenvalue weighted by molar-refractivity contribution is -0.118. The highest BCUT2D eigenvalue weighted by Crippen LogP contribution is 2.50. The summed E-state index contributed by atoms with van der Waals surface area (Å²) < 4.78 is 5.16. The van der Waals surface area contributed by atoms with Crippen molar-refractivity contribution in [2.45, 2.75) is 39.3 Å². The largest absolute Gasteiger partial charge is 0.442 e. The van der Waals surface area contributed by atoms with Gasteiger partial charge in [-0.3, -0.25) is 9.59 Å². The van der Waals surface area contributed by atoms with Gasteiger partial charge in [-0.15, -0.1) is 0 Å². The van der Waals surface area contributed by atoms with E-state index >= 15 is 0 Å². The number of nitrogens with one attached hydrogen (secondary N) is 1. The Labute approximate surface area is 206 Å². The second-order valence-corrected chi connectivity index (χ2v) is 10.0. The van der Waals surface area contributed by atoms with Gasteiger partial charge < -0.3 is 10.1 Å². The number of ether oxygens (including phenoxy) is 1. The zero-order valence-electron chi connectivity index (χ0n) is 19.9. The van der Waals surface area contributed by atoms with Gasteiger partial charge in [0.2, 0.25) is 0 Å². The molecule has 1 unspecified atom stereocenters. The first-order chi connectivity index (χ1) is 16.9. The van der Waals surface area contributed by atoms with Gasteiger partial charge in [0.15, 0.2) is 11.6 Å². The predicted octanol–water partition coefficient (Wildman–Crippen LogP) is 6.33. The standard InChI is InChI=1S/C31H27NO3/c1-4-35-19-20-10-15-26-24(16-20)25-17-31(2,3)18-27(33)28(25)29(32-26)21-11-13-23(14-12-21)30(34)22-8-6-5-7-9-22/h1,5-16,29,32H,17-19H2,2-3H3. The Kier molecular flexibility index (Phi) is 5.78. The van der Waals surface area contributed by atoms with Crippen molar-refractivity contribution in [1.82, 2.24) is 0 Å². The van der Waals surface area contributed by atoms with Crippen LogP contribution in [0.4, 0.5) is 5.69 Å². The number of fused-ring (bicyclic) bond motifs is 2. The maximum absolute atomic E-state index is 13.5. The van der Waals surface area contributed by atoms with Crippen LogP contribution in [-0.4, -0.2) is 11.6 Å². The number of anilines is 1. The normalized spacial score (nSPS) is 18.1. The van der Waals surface area contributed by atoms with Crippen LogP contribution in [0.15, 0.2) is 78.4 Å². The highest BCUT2D eigenvalue weighted by Gasteiger charge is 2.40. The number of terminal acetylenes is 1. The van der Waals surface area contributed by atoms with Crippen molar-refractivity contribution in [3.63, 3.8) is 0 Å². The molecular weight excluding hydrogens is 434 g/mol. The quantitative estimate of drug-likeness (QED) is 0.356. The van der Waals surface area contributed by atoms with Crippen LogP contribution < -0.4 is 5.32 Å². The molecule has 0 bridgehead atoms. The number of benzene rings is 3. The number of hydrogen-bond acceptors (Lipinski definition) is 4. The average Bonchev–Trinajstić information content (AvgIpc) is 2.86. The highest BCUT2D eigenvalue weighted by atomic mass is 16.5. The molecule has 0 saturated carbocycles. The Morgan fingerprint density at radius 2 is 1.74 bits per heavy atom. The minimum atomic E-state index is -0.269. The van der Waals surface area contributed by atoms with E-state index in [0.29, 0.717) is 24.2 Å². The van der Waals surface area contributed by atoms with E-state index in [1.807, 2.05) is 66.7 Å². The van der Waals surface area contributed by atoms with Crippen LogP contribution >= 0.6 is 0 Å². The van der Waals surface area contributed by atoms with Crippen molar-refractivity contribution in [3.8, 4) is 12.5 Å². The third kappa shape index (κ3) is 4.38. The van der Waals surface area contributed by atoms with Crippen LogP contribution in [0.25, 0.3) is 5.57 Å². The molecular formula is C31H27NO3. The Morgan fingerprint density at radius 1 is 1.03 bits per heavy atom. The monoisotopic (exact) mass is 461 g/mol. The molecule has 0 fully saturated rings. The summed E-state index contributed by atoms with van der Waals surface area (Å²) in [5.41, 5.74) is 7.00. The lowest BCUT2D eigenvalue weighted by Crippen LogP contribution is -2.33. The number of rotatable bonds is 5. The van der Waals surface area contributed by atoms with Gasteiger partial charge >= 0.3 is 0 Å². The van der Waals surface area contributed by atoms with E-state index < -0.39 is 0 Å². The third-order valence-electron chi connectivity index (χ3n) is 6.78. The van der Waals surface area contributed by atoms with E-state index in [0.717, 1.165) is 39.9 Å². The smallest absolute Gasteiger partial charge is 0.193 e. The van der Waals surface area contributed by atoms with Crippen molar-refractivity contribution in [2.24, 2.45) is 5.41 Å². The molecule has 1 N–H and O–H groups in total. The number of Topliss-reactive ketones (excluding diaryl/α,β-unsaturated/α-hetero) is 1. The van der Waals surface area contributed by atoms with Crippen molar-refractivity contribution in [1.29, 1.82) is 0 Å². The molecule has 35 heavy (non-hydrogen) atoms. The molecule has 1 aliphatic heterocycles. The molecule has 1 atom stereocenters. The van der Waals surface area contributed by atoms with Gasteiger partial charge in [0, 0.05) is 34.4 Å². The molecule has 1 aliphatic carbocycles. The zero-order chi connectivity index (χ0) is 24.6. The molecule has 0 spiro atoms. The van der Waals surface area contributed by atoms with Gasteiger partial charge in [0.25, 0.3) is 0 Å². The first-order valence-electron chi connectivity index (χ1n) is 11.8. The molecule has 3 aromatic rings. The van der Waals surface area contributed by atoms with E-state index in [1.165, 1.54) is 0 Å². The molecule has 1 heterocycles. The molecule has 4 nitrogen and oxygen atoms in total. The van der Waals surface area contributed by atoms with Crippen LogP contribution in [0.5, 0.6) is 0 Å². The SMILES string of the molecule is C#COCc1ccc2c(c1)C1=C(C(=O)CC(C)(C)C1)C(c1ccc(C(=O)c3ccccc3)cc1)N2. The van der Waals surface area contributed by atoms with E-state index in [9.17, 15) is 9.59 Å². The molecule has 2 aliphatic rings. The summed E-state index contributed by atoms with van der Waals surface area (Å²) in [6, 6.07) is 22.7. The fourth-order valence-corrected chi connectivity index (χ4v) is 5.15. The van der Waals surface area contributed by atoms with Crippen molar-refractivity contribution in [3.05, 3.63) is 106 Å². The average molecular weight is 462 g/mol. The maximum Gasteiger partial charge on any atom is 0.193 e. The van der Waals surface area contributed by atoms with E-state index in [2.05, 4.69) is 31.3 Å². The second kappa shape index (κ2) is 8.92. The fraction of sp³-hybridized carbons (Fsp3) is 0.226. The summed E-state index contributed by atoms with van der Waals surface area (Å²) in [7, 11) is 0. The summed E-state index contributed by atoms with van der Waals surface area (Å²) in [6.07, 6.45) is 8.79. The number of carbonyl (C=O) groups excluding carboxylic acids is 2. The second-order valence-electron chi connectivity index (χ2n) is 10.0. The summed E-state index contributed by atoms with van der Waals surface area (Å²) >= 11 is 0. The van der Waals surface area contributed by atoms with Gasteiger partial charge in [0.05, 0.1) is 6.04 Å². The Bertz CT molecular complexity index is 1370. The van der Waals surface area contributed by atoms with Crippen LogP contribution in [0.1, 0.15) is 65.3 Å². The van der Waals surface area contributed by atoms with Crippen molar-refractivity contribution in [2.75, 3.05) is 5.32 Å². The first-order valence-corrected chi connectivity index (χ1v) is 11.8. The minimum Gasteiger partial charge on any atom is -0.442 e. The van der Waals surface area contributed by atoms with Gasteiger partial charge in [0.1, 0.15) is 12.7 Å². The predicted molar refractivity (Wildman–Crippen MR) is 138 cm³/mol.